The van der Waals surface area contributed by atoms with E-state index in [-0.39, 0.29) is 11.7 Å². The molecule has 0 saturated carbocycles. The molecule has 0 fully saturated rings. The average molecular weight is 374 g/mol. The second-order valence-corrected chi connectivity index (χ2v) is 6.87. The van der Waals surface area contributed by atoms with Crippen molar-refractivity contribution in [3.8, 4) is 28.3 Å². The smallest absolute Gasteiger partial charge is 0.190 e. The third-order valence-corrected chi connectivity index (χ3v) is 4.44. The number of hydrogen-bond donors (Lipinski definition) is 0. The van der Waals surface area contributed by atoms with E-state index in [9.17, 15) is 4.39 Å². The van der Waals surface area contributed by atoms with Crippen LogP contribution in [0.5, 0.6) is 0 Å². The standard InChI is InChI=1S/C21H19FN6/c1-13(2)20-23-12-17(19(24-20)16-6-4-5-7-18(16)22)21-25-26-27-28(21)15-10-8-14(3)9-11-15/h4-13H,1-3H3. The fourth-order valence-corrected chi connectivity index (χ4v) is 2.91. The van der Waals surface area contributed by atoms with Crippen molar-refractivity contribution in [3.63, 3.8) is 0 Å². The van der Waals surface area contributed by atoms with E-state index in [2.05, 4.69) is 25.5 Å². The van der Waals surface area contributed by atoms with Crippen LogP contribution in [0.4, 0.5) is 4.39 Å². The molecule has 0 radical (unpaired) electrons. The summed E-state index contributed by atoms with van der Waals surface area (Å²) >= 11 is 0. The van der Waals surface area contributed by atoms with Crippen molar-refractivity contribution in [1.29, 1.82) is 0 Å². The summed E-state index contributed by atoms with van der Waals surface area (Å²) in [5.41, 5.74) is 3.37. The summed E-state index contributed by atoms with van der Waals surface area (Å²) < 4.78 is 16.2. The van der Waals surface area contributed by atoms with Crippen LogP contribution in [-0.2, 0) is 0 Å². The summed E-state index contributed by atoms with van der Waals surface area (Å²) in [4.78, 5) is 9.10. The maximum Gasteiger partial charge on any atom is 0.190 e. The Hall–Kier alpha value is -3.48. The van der Waals surface area contributed by atoms with Gasteiger partial charge in [-0.2, -0.15) is 4.68 Å². The van der Waals surface area contributed by atoms with Crippen molar-refractivity contribution in [3.05, 3.63) is 71.9 Å². The molecule has 0 aliphatic heterocycles. The predicted molar refractivity (Wildman–Crippen MR) is 104 cm³/mol. The molecular formula is C21H19FN6. The van der Waals surface area contributed by atoms with Crippen molar-refractivity contribution >= 4 is 0 Å². The second kappa shape index (κ2) is 7.26. The predicted octanol–water partition coefficient (Wildman–Crippen LogP) is 4.36. The molecule has 0 unspecified atom stereocenters. The van der Waals surface area contributed by atoms with E-state index in [1.807, 2.05) is 45.0 Å². The molecule has 0 saturated heterocycles. The van der Waals surface area contributed by atoms with E-state index in [1.54, 1.807) is 29.1 Å². The van der Waals surface area contributed by atoms with Crippen LogP contribution in [0.2, 0.25) is 0 Å². The SMILES string of the molecule is Cc1ccc(-n2nnnc2-c2cnc(C(C)C)nc2-c2ccccc2F)cc1. The lowest BCUT2D eigenvalue weighted by Crippen LogP contribution is -2.05. The van der Waals surface area contributed by atoms with Crippen molar-refractivity contribution in [2.45, 2.75) is 26.7 Å². The molecule has 140 valence electrons. The number of rotatable bonds is 4. The van der Waals surface area contributed by atoms with Crippen LogP contribution >= 0.6 is 0 Å². The molecule has 28 heavy (non-hydrogen) atoms. The van der Waals surface area contributed by atoms with Gasteiger partial charge in [-0.1, -0.05) is 43.7 Å². The normalized spacial score (nSPS) is 11.2. The summed E-state index contributed by atoms with van der Waals surface area (Å²) in [6.07, 6.45) is 1.67. The molecule has 2 aromatic heterocycles. The molecule has 6 nitrogen and oxygen atoms in total. The minimum Gasteiger partial charge on any atom is -0.240 e. The first-order valence-corrected chi connectivity index (χ1v) is 9.02. The van der Waals surface area contributed by atoms with Gasteiger partial charge in [-0.05, 0) is 41.6 Å². The highest BCUT2D eigenvalue weighted by atomic mass is 19.1. The third kappa shape index (κ3) is 3.26. The maximum atomic E-state index is 14.6. The van der Waals surface area contributed by atoms with Crippen LogP contribution in [-0.4, -0.2) is 30.2 Å². The van der Waals surface area contributed by atoms with E-state index in [0.29, 0.717) is 28.5 Å². The molecule has 0 amide bonds. The summed E-state index contributed by atoms with van der Waals surface area (Å²) in [6.45, 7) is 6.01. The molecule has 0 atom stereocenters. The Bertz CT molecular complexity index is 1120. The van der Waals surface area contributed by atoms with Crippen LogP contribution in [0.1, 0.15) is 31.2 Å². The van der Waals surface area contributed by atoms with Gasteiger partial charge in [0.2, 0.25) is 0 Å². The molecule has 0 bridgehead atoms. The number of hydrogen-bond acceptors (Lipinski definition) is 5. The van der Waals surface area contributed by atoms with Gasteiger partial charge in [0.15, 0.2) is 5.82 Å². The second-order valence-electron chi connectivity index (χ2n) is 6.87. The van der Waals surface area contributed by atoms with Gasteiger partial charge in [-0.3, -0.25) is 0 Å². The highest BCUT2D eigenvalue weighted by Crippen LogP contribution is 2.32. The highest BCUT2D eigenvalue weighted by molar-refractivity contribution is 5.77. The number of halogens is 1. The molecular weight excluding hydrogens is 355 g/mol. The lowest BCUT2D eigenvalue weighted by Gasteiger charge is -2.12. The van der Waals surface area contributed by atoms with Crippen LogP contribution in [0.3, 0.4) is 0 Å². The Balaban J connectivity index is 1.93. The Morgan fingerprint density at radius 1 is 0.964 bits per heavy atom. The summed E-state index contributed by atoms with van der Waals surface area (Å²) in [5.74, 6) is 0.841. The zero-order valence-electron chi connectivity index (χ0n) is 15.8. The monoisotopic (exact) mass is 374 g/mol. The van der Waals surface area contributed by atoms with Gasteiger partial charge in [0.25, 0.3) is 0 Å². The van der Waals surface area contributed by atoms with Crippen LogP contribution in [0.25, 0.3) is 28.3 Å². The molecule has 0 spiro atoms. The lowest BCUT2D eigenvalue weighted by molar-refractivity contribution is 0.630. The fourth-order valence-electron chi connectivity index (χ4n) is 2.91. The Labute approximate surface area is 162 Å². The number of nitrogens with zero attached hydrogens (tertiary/aromatic N) is 6. The van der Waals surface area contributed by atoms with E-state index >= 15 is 0 Å². The number of tetrazole rings is 1. The molecule has 4 rings (SSSR count). The Morgan fingerprint density at radius 2 is 1.71 bits per heavy atom. The van der Waals surface area contributed by atoms with Crippen molar-refractivity contribution in [1.82, 2.24) is 30.2 Å². The lowest BCUT2D eigenvalue weighted by atomic mass is 10.0. The fraction of sp³-hybridized carbons (Fsp3) is 0.190. The zero-order valence-corrected chi connectivity index (χ0v) is 15.8. The molecule has 0 N–H and O–H groups in total. The third-order valence-electron chi connectivity index (χ3n) is 4.44. The molecule has 2 aromatic carbocycles. The maximum absolute atomic E-state index is 14.6. The van der Waals surface area contributed by atoms with E-state index in [4.69, 9.17) is 0 Å². The van der Waals surface area contributed by atoms with Gasteiger partial charge in [0.05, 0.1) is 16.9 Å². The van der Waals surface area contributed by atoms with Crippen LogP contribution in [0.15, 0.2) is 54.7 Å². The molecule has 2 heterocycles. The van der Waals surface area contributed by atoms with E-state index < -0.39 is 0 Å². The largest absolute Gasteiger partial charge is 0.240 e. The van der Waals surface area contributed by atoms with E-state index in [1.165, 1.54) is 6.07 Å². The number of aromatic nitrogens is 6. The van der Waals surface area contributed by atoms with Crippen molar-refractivity contribution in [2.75, 3.05) is 0 Å². The van der Waals surface area contributed by atoms with Gasteiger partial charge in [0.1, 0.15) is 11.6 Å². The minimum atomic E-state index is -0.355. The zero-order chi connectivity index (χ0) is 19.7. The van der Waals surface area contributed by atoms with Gasteiger partial charge < -0.3 is 0 Å². The number of aryl methyl sites for hydroxylation is 1. The first kappa shape index (κ1) is 17.9. The average Bonchev–Trinajstić information content (AvgIpc) is 3.18. The first-order chi connectivity index (χ1) is 13.5. The summed E-state index contributed by atoms with van der Waals surface area (Å²) in [6, 6.07) is 14.4. The summed E-state index contributed by atoms with van der Waals surface area (Å²) in [7, 11) is 0. The van der Waals surface area contributed by atoms with Crippen LogP contribution < -0.4 is 0 Å². The van der Waals surface area contributed by atoms with Gasteiger partial charge in [-0.15, -0.1) is 5.10 Å². The van der Waals surface area contributed by atoms with Gasteiger partial charge in [-0.25, -0.2) is 14.4 Å². The Kier molecular flexibility index (Phi) is 4.65. The molecule has 4 aromatic rings. The molecule has 0 aliphatic rings. The van der Waals surface area contributed by atoms with Crippen molar-refractivity contribution in [2.24, 2.45) is 0 Å². The minimum absolute atomic E-state index is 0.104. The Morgan fingerprint density at radius 3 is 2.43 bits per heavy atom. The van der Waals surface area contributed by atoms with Gasteiger partial charge >= 0.3 is 0 Å². The van der Waals surface area contributed by atoms with Gasteiger partial charge in [0, 0.05) is 17.7 Å². The molecule has 0 aliphatic carbocycles. The van der Waals surface area contributed by atoms with E-state index in [0.717, 1.165) is 11.3 Å². The number of benzene rings is 2. The molecule has 7 heteroatoms. The quantitative estimate of drug-likeness (QED) is 0.531. The van der Waals surface area contributed by atoms with Crippen LogP contribution in [0, 0.1) is 12.7 Å². The summed E-state index contributed by atoms with van der Waals surface area (Å²) in [5, 5.41) is 12.1. The topological polar surface area (TPSA) is 69.4 Å². The highest BCUT2D eigenvalue weighted by Gasteiger charge is 2.21. The first-order valence-electron chi connectivity index (χ1n) is 9.02. The van der Waals surface area contributed by atoms with Crippen molar-refractivity contribution < 1.29 is 4.39 Å².